The monoisotopic (exact) mass is 348 g/mol. The quantitative estimate of drug-likeness (QED) is 0.715. The summed E-state index contributed by atoms with van der Waals surface area (Å²) in [5.74, 6) is 1.39. The average molecular weight is 348 g/mol. The lowest BCUT2D eigenvalue weighted by Gasteiger charge is -2.06. The Morgan fingerprint density at radius 2 is 2.08 bits per heavy atom. The lowest BCUT2D eigenvalue weighted by Crippen LogP contribution is -2.15. The van der Waals surface area contributed by atoms with Gasteiger partial charge in [0.15, 0.2) is 5.82 Å². The van der Waals surface area contributed by atoms with Crippen molar-refractivity contribution in [2.45, 2.75) is 38.1 Å². The van der Waals surface area contributed by atoms with Crippen LogP contribution < -0.4 is 10.6 Å². The van der Waals surface area contributed by atoms with E-state index < -0.39 is 0 Å². The van der Waals surface area contributed by atoms with E-state index in [0.29, 0.717) is 12.4 Å². The Labute approximate surface area is 150 Å². The third kappa shape index (κ3) is 3.24. The molecule has 2 saturated carbocycles. The van der Waals surface area contributed by atoms with Crippen LogP contribution >= 0.6 is 0 Å². The van der Waals surface area contributed by atoms with Crippen molar-refractivity contribution in [3.05, 3.63) is 48.0 Å². The lowest BCUT2D eigenvalue weighted by atomic mass is 10.2. The highest BCUT2D eigenvalue weighted by atomic mass is 16.2. The standard InChI is InChI=1S/C19H20N6O/c26-19(13-3-4-13)23-17-7-15(9-21-24-17)20-8-16-11-25-10-14(12-1-2-12)5-6-18(25)22-16/h5-7,9-13H,1-4,8H2,(H2,20,23,24,26). The van der Waals surface area contributed by atoms with Gasteiger partial charge in [-0.3, -0.25) is 4.79 Å². The van der Waals surface area contributed by atoms with Crippen LogP contribution in [0.5, 0.6) is 0 Å². The SMILES string of the molecule is O=C(Nc1cc(NCc2cn3cc(C4CC4)ccc3n2)cnn1)C1CC1. The van der Waals surface area contributed by atoms with Crippen molar-refractivity contribution in [3.63, 3.8) is 0 Å². The maximum Gasteiger partial charge on any atom is 0.228 e. The van der Waals surface area contributed by atoms with Crippen LogP contribution in [0.3, 0.4) is 0 Å². The van der Waals surface area contributed by atoms with Gasteiger partial charge in [0.05, 0.1) is 24.1 Å². The molecule has 7 heteroatoms. The summed E-state index contributed by atoms with van der Waals surface area (Å²) in [5, 5.41) is 14.0. The van der Waals surface area contributed by atoms with Gasteiger partial charge in [-0.15, -0.1) is 5.10 Å². The molecule has 26 heavy (non-hydrogen) atoms. The first-order valence-electron chi connectivity index (χ1n) is 9.09. The second-order valence-electron chi connectivity index (χ2n) is 7.18. The number of hydrogen-bond donors (Lipinski definition) is 2. The van der Waals surface area contributed by atoms with E-state index in [0.717, 1.165) is 35.8 Å². The van der Waals surface area contributed by atoms with E-state index in [1.807, 2.05) is 0 Å². The summed E-state index contributed by atoms with van der Waals surface area (Å²) in [6, 6.07) is 6.06. The summed E-state index contributed by atoms with van der Waals surface area (Å²) >= 11 is 0. The van der Waals surface area contributed by atoms with Crippen molar-refractivity contribution >= 4 is 23.1 Å². The molecule has 1 amide bonds. The van der Waals surface area contributed by atoms with Gasteiger partial charge in [0.25, 0.3) is 0 Å². The van der Waals surface area contributed by atoms with Crippen LogP contribution in [0.15, 0.2) is 36.8 Å². The zero-order valence-corrected chi connectivity index (χ0v) is 14.4. The summed E-state index contributed by atoms with van der Waals surface area (Å²) in [7, 11) is 0. The van der Waals surface area contributed by atoms with Crippen LogP contribution in [-0.4, -0.2) is 25.5 Å². The minimum Gasteiger partial charge on any atom is -0.378 e. The Kier molecular flexibility index (Phi) is 3.58. The summed E-state index contributed by atoms with van der Waals surface area (Å²) in [4.78, 5) is 16.5. The molecule has 2 fully saturated rings. The Morgan fingerprint density at radius 1 is 1.19 bits per heavy atom. The van der Waals surface area contributed by atoms with Gasteiger partial charge in [-0.2, -0.15) is 5.10 Å². The molecular weight excluding hydrogens is 328 g/mol. The van der Waals surface area contributed by atoms with Gasteiger partial charge in [0.1, 0.15) is 5.65 Å². The number of amides is 1. The molecule has 2 aliphatic carbocycles. The van der Waals surface area contributed by atoms with E-state index in [1.54, 1.807) is 12.3 Å². The fourth-order valence-electron chi connectivity index (χ4n) is 3.10. The first kappa shape index (κ1) is 15.3. The molecule has 0 spiro atoms. The van der Waals surface area contributed by atoms with Crippen LogP contribution in [0, 0.1) is 5.92 Å². The number of aromatic nitrogens is 4. The number of carbonyl (C=O) groups is 1. The second kappa shape index (κ2) is 6.09. The first-order chi connectivity index (χ1) is 12.7. The summed E-state index contributed by atoms with van der Waals surface area (Å²) in [6.07, 6.45) is 10.4. The third-order valence-electron chi connectivity index (χ3n) is 4.90. The number of nitrogens with zero attached hydrogens (tertiary/aromatic N) is 4. The molecule has 0 radical (unpaired) electrons. The molecule has 3 heterocycles. The molecule has 0 bridgehead atoms. The number of rotatable bonds is 6. The zero-order valence-electron chi connectivity index (χ0n) is 14.4. The number of nitrogens with one attached hydrogen (secondary N) is 2. The fourth-order valence-corrected chi connectivity index (χ4v) is 3.10. The van der Waals surface area contributed by atoms with Crippen molar-refractivity contribution in [1.82, 2.24) is 19.6 Å². The molecule has 0 unspecified atom stereocenters. The smallest absolute Gasteiger partial charge is 0.228 e. The van der Waals surface area contributed by atoms with Crippen LogP contribution in [0.25, 0.3) is 5.65 Å². The Balaban J connectivity index is 1.26. The molecule has 3 aromatic rings. The predicted molar refractivity (Wildman–Crippen MR) is 97.9 cm³/mol. The summed E-state index contributed by atoms with van der Waals surface area (Å²) in [5.41, 5.74) is 4.11. The number of hydrogen-bond acceptors (Lipinski definition) is 5. The topological polar surface area (TPSA) is 84.2 Å². The molecule has 7 nitrogen and oxygen atoms in total. The summed E-state index contributed by atoms with van der Waals surface area (Å²) < 4.78 is 2.09. The highest BCUT2D eigenvalue weighted by molar-refractivity contribution is 5.93. The van der Waals surface area contributed by atoms with E-state index in [2.05, 4.69) is 54.7 Å². The first-order valence-corrected chi connectivity index (χ1v) is 9.09. The van der Waals surface area contributed by atoms with Crippen molar-refractivity contribution in [1.29, 1.82) is 0 Å². The van der Waals surface area contributed by atoms with E-state index in [1.165, 1.54) is 18.4 Å². The Hall–Kier alpha value is -2.96. The van der Waals surface area contributed by atoms with E-state index in [-0.39, 0.29) is 11.8 Å². The molecular formula is C19H20N6O. The minimum atomic E-state index is 0.0308. The number of fused-ring (bicyclic) bond motifs is 1. The van der Waals surface area contributed by atoms with Gasteiger partial charge in [-0.05, 0) is 43.2 Å². The zero-order chi connectivity index (χ0) is 17.5. The van der Waals surface area contributed by atoms with Gasteiger partial charge >= 0.3 is 0 Å². The molecule has 132 valence electrons. The van der Waals surface area contributed by atoms with Crippen molar-refractivity contribution in [2.75, 3.05) is 10.6 Å². The van der Waals surface area contributed by atoms with Gasteiger partial charge in [-0.1, -0.05) is 6.07 Å². The highest BCUT2D eigenvalue weighted by Crippen LogP contribution is 2.39. The van der Waals surface area contributed by atoms with Crippen LogP contribution in [0.2, 0.25) is 0 Å². The highest BCUT2D eigenvalue weighted by Gasteiger charge is 2.29. The largest absolute Gasteiger partial charge is 0.378 e. The molecule has 5 rings (SSSR count). The van der Waals surface area contributed by atoms with Gasteiger partial charge in [0.2, 0.25) is 5.91 Å². The molecule has 0 aliphatic heterocycles. The normalized spacial score (nSPS) is 16.6. The third-order valence-corrected chi connectivity index (χ3v) is 4.90. The predicted octanol–water partition coefficient (Wildman–Crippen LogP) is 2.96. The maximum absolute atomic E-state index is 11.8. The average Bonchev–Trinajstić information content (AvgIpc) is 3.55. The van der Waals surface area contributed by atoms with Crippen molar-refractivity contribution in [2.24, 2.45) is 5.92 Å². The number of carbonyl (C=O) groups excluding carboxylic acids is 1. The van der Waals surface area contributed by atoms with Crippen molar-refractivity contribution in [3.8, 4) is 0 Å². The number of pyridine rings is 1. The number of imidazole rings is 1. The van der Waals surface area contributed by atoms with Crippen LogP contribution in [0.1, 0.15) is 42.9 Å². The van der Waals surface area contributed by atoms with Crippen molar-refractivity contribution < 1.29 is 4.79 Å². The molecule has 2 N–H and O–H groups in total. The van der Waals surface area contributed by atoms with E-state index in [9.17, 15) is 4.79 Å². The minimum absolute atomic E-state index is 0.0308. The lowest BCUT2D eigenvalue weighted by molar-refractivity contribution is -0.117. The van der Waals surface area contributed by atoms with Crippen LogP contribution in [-0.2, 0) is 11.3 Å². The molecule has 3 aromatic heterocycles. The number of anilines is 2. The maximum atomic E-state index is 11.8. The molecule has 0 saturated heterocycles. The summed E-state index contributed by atoms with van der Waals surface area (Å²) in [6.45, 7) is 0.585. The van der Waals surface area contributed by atoms with Gasteiger partial charge < -0.3 is 15.0 Å². The van der Waals surface area contributed by atoms with Gasteiger partial charge in [-0.25, -0.2) is 4.98 Å². The Bertz CT molecular complexity index is 973. The second-order valence-corrected chi connectivity index (χ2v) is 7.18. The molecule has 2 aliphatic rings. The Morgan fingerprint density at radius 3 is 2.88 bits per heavy atom. The van der Waals surface area contributed by atoms with E-state index in [4.69, 9.17) is 0 Å². The van der Waals surface area contributed by atoms with Crippen LogP contribution in [0.4, 0.5) is 11.5 Å². The molecule has 0 atom stereocenters. The fraction of sp³-hybridized carbons (Fsp3) is 0.368. The van der Waals surface area contributed by atoms with Gasteiger partial charge in [0, 0.05) is 24.4 Å². The van der Waals surface area contributed by atoms with E-state index >= 15 is 0 Å². The molecule has 0 aromatic carbocycles.